The molecule has 15 heavy (non-hydrogen) atoms. The fraction of sp³-hybridized carbons (Fsp3) is 0.364. The largest absolute Gasteiger partial charge is 0.383 e. The van der Waals surface area contributed by atoms with E-state index in [1.165, 1.54) is 0 Å². The average Bonchev–Trinajstić information content (AvgIpc) is 2.46. The van der Waals surface area contributed by atoms with E-state index in [1.807, 2.05) is 19.1 Å². The number of aromatic amines is 1. The van der Waals surface area contributed by atoms with Crippen LogP contribution < -0.4 is 0 Å². The maximum absolute atomic E-state index is 9.84. The van der Waals surface area contributed by atoms with Gasteiger partial charge in [0.15, 0.2) is 0 Å². The van der Waals surface area contributed by atoms with Crippen LogP contribution in [0.5, 0.6) is 0 Å². The predicted octanol–water partition coefficient (Wildman–Crippen LogP) is 2.86. The summed E-state index contributed by atoms with van der Waals surface area (Å²) >= 11 is 3.43. The van der Waals surface area contributed by atoms with Crippen molar-refractivity contribution in [2.45, 2.75) is 26.4 Å². The number of benzene rings is 1. The summed E-state index contributed by atoms with van der Waals surface area (Å²) in [5.41, 5.74) is 2.01. The summed E-state index contributed by atoms with van der Waals surface area (Å²) in [6.45, 7) is 5.44. The first-order chi connectivity index (χ1) is 6.88. The minimum Gasteiger partial charge on any atom is -0.383 e. The van der Waals surface area contributed by atoms with E-state index in [2.05, 4.69) is 25.9 Å². The summed E-state index contributed by atoms with van der Waals surface area (Å²) in [4.78, 5) is 7.52. The van der Waals surface area contributed by atoms with Crippen LogP contribution in [0.1, 0.15) is 25.2 Å². The molecule has 1 heterocycles. The molecule has 3 nitrogen and oxygen atoms in total. The van der Waals surface area contributed by atoms with Crippen LogP contribution in [0.2, 0.25) is 0 Å². The van der Waals surface area contributed by atoms with Crippen molar-refractivity contribution in [2.24, 2.45) is 0 Å². The van der Waals surface area contributed by atoms with Gasteiger partial charge < -0.3 is 10.1 Å². The Bertz CT molecular complexity index is 511. The van der Waals surface area contributed by atoms with Gasteiger partial charge in [-0.25, -0.2) is 4.98 Å². The lowest BCUT2D eigenvalue weighted by Gasteiger charge is -2.12. The maximum Gasteiger partial charge on any atom is 0.138 e. The van der Waals surface area contributed by atoms with E-state index >= 15 is 0 Å². The molecular formula is C11H13BrN2O. The minimum atomic E-state index is -0.933. The molecule has 0 aliphatic rings. The molecule has 0 atom stereocenters. The van der Waals surface area contributed by atoms with Gasteiger partial charge in [0.2, 0.25) is 0 Å². The fourth-order valence-electron chi connectivity index (χ4n) is 1.54. The van der Waals surface area contributed by atoms with Crippen molar-refractivity contribution in [1.82, 2.24) is 9.97 Å². The van der Waals surface area contributed by atoms with Gasteiger partial charge >= 0.3 is 0 Å². The van der Waals surface area contributed by atoms with Crippen LogP contribution in [0, 0.1) is 6.92 Å². The van der Waals surface area contributed by atoms with E-state index < -0.39 is 5.60 Å². The molecule has 0 aliphatic carbocycles. The molecular weight excluding hydrogens is 256 g/mol. The SMILES string of the molecule is Cc1cc(Br)cc2[nH]c(C(C)(C)O)nc12. The van der Waals surface area contributed by atoms with Crippen LogP contribution in [-0.4, -0.2) is 15.1 Å². The van der Waals surface area contributed by atoms with Gasteiger partial charge in [-0.2, -0.15) is 0 Å². The molecule has 0 saturated heterocycles. The lowest BCUT2D eigenvalue weighted by atomic mass is 10.1. The molecule has 2 aromatic rings. The molecule has 4 heteroatoms. The Morgan fingerprint density at radius 3 is 2.67 bits per heavy atom. The fourth-order valence-corrected chi connectivity index (χ4v) is 2.11. The van der Waals surface area contributed by atoms with E-state index in [4.69, 9.17) is 0 Å². The van der Waals surface area contributed by atoms with Gasteiger partial charge in [0.1, 0.15) is 11.4 Å². The second-order valence-electron chi connectivity index (χ2n) is 4.26. The average molecular weight is 269 g/mol. The second kappa shape index (κ2) is 3.32. The standard InChI is InChI=1S/C11H13BrN2O/c1-6-4-7(12)5-8-9(6)14-10(13-8)11(2,3)15/h4-5,15H,1-3H3,(H,13,14). The summed E-state index contributed by atoms with van der Waals surface area (Å²) in [5.74, 6) is 0.596. The Morgan fingerprint density at radius 2 is 2.07 bits per heavy atom. The number of halogens is 1. The summed E-state index contributed by atoms with van der Waals surface area (Å²) in [7, 11) is 0. The molecule has 1 aromatic carbocycles. The van der Waals surface area contributed by atoms with Crippen LogP contribution in [-0.2, 0) is 5.60 Å². The Balaban J connectivity index is 2.71. The zero-order valence-electron chi connectivity index (χ0n) is 8.93. The highest BCUT2D eigenvalue weighted by atomic mass is 79.9. The Kier molecular flexibility index (Phi) is 2.35. The van der Waals surface area contributed by atoms with Gasteiger partial charge in [0.05, 0.1) is 11.0 Å². The van der Waals surface area contributed by atoms with Crippen LogP contribution in [0.25, 0.3) is 11.0 Å². The Hall–Kier alpha value is -0.870. The molecule has 0 fully saturated rings. The zero-order chi connectivity index (χ0) is 11.2. The van der Waals surface area contributed by atoms with E-state index in [1.54, 1.807) is 13.8 Å². The minimum absolute atomic E-state index is 0.596. The topological polar surface area (TPSA) is 48.9 Å². The number of hydrogen-bond acceptors (Lipinski definition) is 2. The second-order valence-corrected chi connectivity index (χ2v) is 5.18. The number of aliphatic hydroxyl groups is 1. The lowest BCUT2D eigenvalue weighted by Crippen LogP contribution is -2.17. The molecule has 0 spiro atoms. The zero-order valence-corrected chi connectivity index (χ0v) is 10.5. The van der Waals surface area contributed by atoms with Crippen molar-refractivity contribution in [3.8, 4) is 0 Å². The van der Waals surface area contributed by atoms with Crippen LogP contribution in [0.3, 0.4) is 0 Å². The third-order valence-electron chi connectivity index (χ3n) is 2.32. The molecule has 0 amide bonds. The van der Waals surface area contributed by atoms with Crippen molar-refractivity contribution in [3.63, 3.8) is 0 Å². The lowest BCUT2D eigenvalue weighted by molar-refractivity contribution is 0.0700. The molecule has 0 unspecified atom stereocenters. The van der Waals surface area contributed by atoms with Gasteiger partial charge in [-0.15, -0.1) is 0 Å². The van der Waals surface area contributed by atoms with Gasteiger partial charge in [0, 0.05) is 4.47 Å². The quantitative estimate of drug-likeness (QED) is 0.836. The predicted molar refractivity (Wildman–Crippen MR) is 63.8 cm³/mol. The summed E-state index contributed by atoms with van der Waals surface area (Å²) in [6.07, 6.45) is 0. The molecule has 2 N–H and O–H groups in total. The Labute approximate surface area is 96.7 Å². The van der Waals surface area contributed by atoms with Crippen molar-refractivity contribution < 1.29 is 5.11 Å². The summed E-state index contributed by atoms with van der Waals surface area (Å²) in [5, 5.41) is 9.84. The number of imidazole rings is 1. The van der Waals surface area contributed by atoms with Gasteiger partial charge in [-0.3, -0.25) is 0 Å². The van der Waals surface area contributed by atoms with Gasteiger partial charge in [0.25, 0.3) is 0 Å². The first kappa shape index (κ1) is 10.6. The maximum atomic E-state index is 9.84. The molecule has 0 saturated carbocycles. The highest BCUT2D eigenvalue weighted by Crippen LogP contribution is 2.25. The highest BCUT2D eigenvalue weighted by molar-refractivity contribution is 9.10. The van der Waals surface area contributed by atoms with Gasteiger partial charge in [-0.05, 0) is 38.5 Å². The summed E-state index contributed by atoms with van der Waals surface area (Å²) < 4.78 is 1.01. The van der Waals surface area contributed by atoms with Crippen molar-refractivity contribution in [3.05, 3.63) is 28.0 Å². The number of nitrogens with zero attached hydrogens (tertiary/aromatic N) is 1. The van der Waals surface area contributed by atoms with Crippen molar-refractivity contribution in [1.29, 1.82) is 0 Å². The third kappa shape index (κ3) is 1.92. The number of aryl methyl sites for hydroxylation is 1. The molecule has 0 aliphatic heterocycles. The first-order valence-electron chi connectivity index (χ1n) is 4.76. The van der Waals surface area contributed by atoms with E-state index in [9.17, 15) is 5.11 Å². The van der Waals surface area contributed by atoms with Crippen molar-refractivity contribution in [2.75, 3.05) is 0 Å². The van der Waals surface area contributed by atoms with E-state index in [0.717, 1.165) is 21.1 Å². The van der Waals surface area contributed by atoms with Crippen molar-refractivity contribution >= 4 is 27.0 Å². The van der Waals surface area contributed by atoms with Gasteiger partial charge in [-0.1, -0.05) is 15.9 Å². The molecule has 1 aromatic heterocycles. The normalized spacial score (nSPS) is 12.3. The number of aromatic nitrogens is 2. The smallest absolute Gasteiger partial charge is 0.138 e. The first-order valence-corrected chi connectivity index (χ1v) is 5.56. The third-order valence-corrected chi connectivity index (χ3v) is 2.78. The van der Waals surface area contributed by atoms with E-state index in [-0.39, 0.29) is 0 Å². The number of H-pyrrole nitrogens is 1. The summed E-state index contributed by atoms with van der Waals surface area (Å²) in [6, 6.07) is 3.97. The number of fused-ring (bicyclic) bond motifs is 1. The highest BCUT2D eigenvalue weighted by Gasteiger charge is 2.20. The molecule has 80 valence electrons. The van der Waals surface area contributed by atoms with E-state index in [0.29, 0.717) is 5.82 Å². The van der Waals surface area contributed by atoms with Crippen LogP contribution >= 0.6 is 15.9 Å². The number of rotatable bonds is 1. The molecule has 2 rings (SSSR count). The molecule has 0 radical (unpaired) electrons. The molecule has 0 bridgehead atoms. The Morgan fingerprint density at radius 1 is 1.40 bits per heavy atom. The van der Waals surface area contributed by atoms with Crippen LogP contribution in [0.15, 0.2) is 16.6 Å². The monoisotopic (exact) mass is 268 g/mol. The number of hydrogen-bond donors (Lipinski definition) is 2. The number of nitrogens with one attached hydrogen (secondary N) is 1. The van der Waals surface area contributed by atoms with Crippen LogP contribution in [0.4, 0.5) is 0 Å².